The molecule has 49 heavy (non-hydrogen) atoms. The van der Waals surface area contributed by atoms with E-state index in [1.807, 2.05) is 24.3 Å². The molecule has 5 nitrogen and oxygen atoms in total. The van der Waals surface area contributed by atoms with Crippen LogP contribution in [0, 0.1) is 22.7 Å². The van der Waals surface area contributed by atoms with E-state index >= 15 is 0 Å². The Morgan fingerprint density at radius 1 is 0.367 bits per heavy atom. The van der Waals surface area contributed by atoms with Crippen molar-refractivity contribution in [3.8, 4) is 23.5 Å². The van der Waals surface area contributed by atoms with Gasteiger partial charge in [0, 0.05) is 43.1 Å². The summed E-state index contributed by atoms with van der Waals surface area (Å²) in [5, 5.41) is 28.6. The third-order valence-electron chi connectivity index (χ3n) is 10.4. The van der Waals surface area contributed by atoms with Crippen LogP contribution in [0.5, 0.6) is 0 Å². The number of nitrogens with zero attached hydrogens (tertiary/aromatic N) is 5. The number of rotatable bonds is 2. The summed E-state index contributed by atoms with van der Waals surface area (Å²) in [5.74, 6) is 0. The summed E-state index contributed by atoms with van der Waals surface area (Å²) in [6, 6.07) is 53.5. The number of hydrogen-bond acceptors (Lipinski definition) is 2. The predicted molar refractivity (Wildman–Crippen MR) is 199 cm³/mol. The maximum absolute atomic E-state index is 9.70. The Morgan fingerprint density at radius 3 is 1.27 bits per heavy atom. The van der Waals surface area contributed by atoms with Crippen molar-refractivity contribution in [2.45, 2.75) is 0 Å². The number of para-hydroxylation sites is 3. The van der Waals surface area contributed by atoms with Crippen molar-refractivity contribution in [2.75, 3.05) is 0 Å². The molecule has 0 spiro atoms. The molecule has 11 rings (SSSR count). The first-order chi connectivity index (χ1) is 24.2. The van der Waals surface area contributed by atoms with E-state index in [1.54, 1.807) is 0 Å². The van der Waals surface area contributed by atoms with E-state index < -0.39 is 0 Å². The van der Waals surface area contributed by atoms with Gasteiger partial charge in [-0.05, 0) is 72.8 Å². The molecule has 4 aromatic heterocycles. The van der Waals surface area contributed by atoms with Crippen LogP contribution in [0.2, 0.25) is 0 Å². The van der Waals surface area contributed by atoms with E-state index in [1.165, 1.54) is 27.1 Å². The van der Waals surface area contributed by atoms with E-state index in [9.17, 15) is 10.5 Å². The fourth-order valence-electron chi connectivity index (χ4n) is 8.52. The highest BCUT2D eigenvalue weighted by atomic mass is 15.0. The average Bonchev–Trinajstić information content (AvgIpc) is 3.88. The number of benzene rings is 7. The summed E-state index contributed by atoms with van der Waals surface area (Å²) in [6.45, 7) is 0. The van der Waals surface area contributed by atoms with Gasteiger partial charge in [-0.15, -0.1) is 0 Å². The van der Waals surface area contributed by atoms with E-state index in [0.29, 0.717) is 11.1 Å². The minimum atomic E-state index is 0.658. The second kappa shape index (κ2) is 9.26. The van der Waals surface area contributed by atoms with Gasteiger partial charge in [0.05, 0.1) is 73.3 Å². The van der Waals surface area contributed by atoms with Gasteiger partial charge in [0.1, 0.15) is 0 Å². The van der Waals surface area contributed by atoms with Crippen molar-refractivity contribution in [1.82, 2.24) is 13.5 Å². The van der Waals surface area contributed by atoms with Crippen molar-refractivity contribution >= 4 is 81.7 Å². The molecule has 0 atom stereocenters. The van der Waals surface area contributed by atoms with Gasteiger partial charge in [-0.2, -0.15) is 10.5 Å². The smallest absolute Gasteiger partial charge is 0.0991 e. The minimum Gasteiger partial charge on any atom is -0.309 e. The molecule has 0 saturated carbocycles. The summed E-state index contributed by atoms with van der Waals surface area (Å²) in [4.78, 5) is 0. The maximum Gasteiger partial charge on any atom is 0.0991 e. The molecule has 224 valence electrons. The van der Waals surface area contributed by atoms with Gasteiger partial charge >= 0.3 is 0 Å². The fraction of sp³-hybridized carbons (Fsp3) is 0. The van der Waals surface area contributed by atoms with E-state index in [-0.39, 0.29) is 0 Å². The second-order valence-electron chi connectivity index (χ2n) is 12.8. The van der Waals surface area contributed by atoms with Gasteiger partial charge in [0.2, 0.25) is 0 Å². The molecule has 7 aromatic carbocycles. The van der Waals surface area contributed by atoms with Crippen LogP contribution >= 0.6 is 0 Å². The second-order valence-corrected chi connectivity index (χ2v) is 12.8. The Kier molecular flexibility index (Phi) is 4.92. The van der Waals surface area contributed by atoms with Crippen molar-refractivity contribution < 1.29 is 0 Å². The Hall–Kier alpha value is -7.08. The molecule has 0 saturated heterocycles. The van der Waals surface area contributed by atoms with Gasteiger partial charge in [-0.3, -0.25) is 0 Å². The highest BCUT2D eigenvalue weighted by Gasteiger charge is 2.24. The van der Waals surface area contributed by atoms with Crippen molar-refractivity contribution in [1.29, 1.82) is 10.5 Å². The molecular weight excluding hydrogens is 599 g/mol. The van der Waals surface area contributed by atoms with Crippen LogP contribution in [0.3, 0.4) is 0 Å². The zero-order valence-electron chi connectivity index (χ0n) is 26.0. The van der Waals surface area contributed by atoms with Crippen LogP contribution < -0.4 is 0 Å². The lowest BCUT2D eigenvalue weighted by molar-refractivity contribution is 1.19. The van der Waals surface area contributed by atoms with Crippen molar-refractivity contribution in [2.24, 2.45) is 0 Å². The molecule has 0 aliphatic carbocycles. The number of nitriles is 2. The van der Waals surface area contributed by atoms with Crippen LogP contribution in [0.25, 0.3) is 93.1 Å². The molecule has 0 aliphatic rings. The summed E-state index contributed by atoms with van der Waals surface area (Å²) >= 11 is 0. The molecule has 0 N–H and O–H groups in total. The monoisotopic (exact) mass is 621 g/mol. The summed E-state index contributed by atoms with van der Waals surface area (Å²) < 4.78 is 7.15. The van der Waals surface area contributed by atoms with Crippen LogP contribution in [0.4, 0.5) is 0 Å². The zero-order chi connectivity index (χ0) is 32.4. The van der Waals surface area contributed by atoms with Gasteiger partial charge in [-0.1, -0.05) is 66.7 Å². The minimum absolute atomic E-state index is 0.658. The number of fused-ring (bicyclic) bond motifs is 12. The molecule has 0 aliphatic heterocycles. The summed E-state index contributed by atoms with van der Waals surface area (Å²) in [6.07, 6.45) is 0. The Balaban J connectivity index is 1.28. The van der Waals surface area contributed by atoms with E-state index in [2.05, 4.69) is 141 Å². The Morgan fingerprint density at radius 2 is 0.776 bits per heavy atom. The number of aromatic nitrogens is 3. The van der Waals surface area contributed by atoms with Gasteiger partial charge in [-0.25, -0.2) is 0 Å². The first-order valence-electron chi connectivity index (χ1n) is 16.3. The SMILES string of the molecule is N#Cc1ccc2c(c1)c1ccccc1n2-c1cccc2c1c1cccc3c4c(-n5c6ccccc6c6cc(C#N)ccc65)cccc4n2c13. The van der Waals surface area contributed by atoms with Crippen LogP contribution in [0.15, 0.2) is 140 Å². The molecule has 0 amide bonds. The highest BCUT2D eigenvalue weighted by Crippen LogP contribution is 2.45. The van der Waals surface area contributed by atoms with E-state index in [0.717, 1.165) is 66.0 Å². The molecule has 11 aromatic rings. The van der Waals surface area contributed by atoms with Gasteiger partial charge in [0.25, 0.3) is 0 Å². The molecular formula is C44H23N5. The van der Waals surface area contributed by atoms with Gasteiger partial charge < -0.3 is 13.5 Å². The van der Waals surface area contributed by atoms with Crippen LogP contribution in [0.1, 0.15) is 11.1 Å². The normalized spacial score (nSPS) is 12.0. The highest BCUT2D eigenvalue weighted by molar-refractivity contribution is 6.27. The predicted octanol–water partition coefficient (Wildman–Crippen LogP) is 10.8. The summed E-state index contributed by atoms with van der Waals surface area (Å²) in [5.41, 5.74) is 11.4. The third-order valence-corrected chi connectivity index (χ3v) is 10.4. The lowest BCUT2D eigenvalue weighted by Gasteiger charge is -2.12. The zero-order valence-corrected chi connectivity index (χ0v) is 26.0. The molecule has 0 fully saturated rings. The lowest BCUT2D eigenvalue weighted by Crippen LogP contribution is -1.96. The average molecular weight is 622 g/mol. The molecule has 5 heteroatoms. The Labute approximate surface area is 279 Å². The molecule has 4 heterocycles. The quantitative estimate of drug-likeness (QED) is 0.193. The lowest BCUT2D eigenvalue weighted by atomic mass is 10.1. The number of hydrogen-bond donors (Lipinski definition) is 0. The largest absolute Gasteiger partial charge is 0.309 e. The molecule has 0 bridgehead atoms. The van der Waals surface area contributed by atoms with E-state index in [4.69, 9.17) is 0 Å². The first-order valence-corrected chi connectivity index (χ1v) is 16.3. The summed E-state index contributed by atoms with van der Waals surface area (Å²) in [7, 11) is 0. The topological polar surface area (TPSA) is 61.8 Å². The standard InChI is InChI=1S/C44H23N5/c45-24-26-18-20-36-32(22-26)28-8-1-3-12-34(28)47(36)38-14-6-16-40-42(38)30-10-5-11-31-43-39(15-7-17-41(43)49(40)44(30)31)48-35-13-4-2-9-29(35)33-23-27(25-46)19-21-37(33)48/h1-23H. The van der Waals surface area contributed by atoms with Crippen molar-refractivity contribution in [3.05, 3.63) is 151 Å². The van der Waals surface area contributed by atoms with Crippen LogP contribution in [-0.4, -0.2) is 13.5 Å². The third kappa shape index (κ3) is 3.21. The van der Waals surface area contributed by atoms with Crippen LogP contribution in [-0.2, 0) is 0 Å². The fourth-order valence-corrected chi connectivity index (χ4v) is 8.52. The first kappa shape index (κ1) is 26.0. The molecule has 0 unspecified atom stereocenters. The van der Waals surface area contributed by atoms with Crippen molar-refractivity contribution in [3.63, 3.8) is 0 Å². The molecule has 0 radical (unpaired) electrons. The Bertz CT molecular complexity index is 3080. The maximum atomic E-state index is 9.70. The van der Waals surface area contributed by atoms with Gasteiger partial charge in [0.15, 0.2) is 0 Å².